The summed E-state index contributed by atoms with van der Waals surface area (Å²) >= 11 is 0. The minimum Gasteiger partial charge on any atom is -0.481 e. The molecule has 0 radical (unpaired) electrons. The summed E-state index contributed by atoms with van der Waals surface area (Å²) in [6, 6.07) is 0. The van der Waals surface area contributed by atoms with Gasteiger partial charge in [-0.2, -0.15) is 5.10 Å². The van der Waals surface area contributed by atoms with Crippen LogP contribution in [0.25, 0.3) is 0 Å². The molecule has 0 spiro atoms. The minimum atomic E-state index is -0.691. The van der Waals surface area contributed by atoms with E-state index >= 15 is 0 Å². The third kappa shape index (κ3) is 1.88. The van der Waals surface area contributed by atoms with Crippen LogP contribution in [0.1, 0.15) is 17.4 Å². The average molecular weight is 200 g/mol. The van der Waals surface area contributed by atoms with Gasteiger partial charge in [-0.15, -0.1) is 0 Å². The summed E-state index contributed by atoms with van der Waals surface area (Å²) in [4.78, 5) is 0. The lowest BCUT2D eigenvalue weighted by atomic mass is 10.1. The average Bonchev–Trinajstić information content (AvgIpc) is 2.40. The fourth-order valence-corrected chi connectivity index (χ4v) is 1.52. The molecule has 0 aromatic carbocycles. The molecule has 0 saturated carbocycles. The van der Waals surface area contributed by atoms with E-state index in [2.05, 4.69) is 5.10 Å². The molecule has 0 aliphatic heterocycles. The van der Waals surface area contributed by atoms with E-state index in [1.165, 1.54) is 0 Å². The zero-order valence-corrected chi connectivity index (χ0v) is 8.94. The predicted octanol–water partition coefficient (Wildman–Crippen LogP) is 0.417. The van der Waals surface area contributed by atoms with E-state index in [4.69, 9.17) is 9.47 Å². The quantitative estimate of drug-likeness (QED) is 0.765. The molecule has 1 atom stereocenters. The fraction of sp³-hybridized carbons (Fsp3) is 0.667. The van der Waals surface area contributed by atoms with E-state index in [-0.39, 0.29) is 6.61 Å². The smallest absolute Gasteiger partial charge is 0.217 e. The van der Waals surface area contributed by atoms with Crippen LogP contribution in [0.4, 0.5) is 0 Å². The summed E-state index contributed by atoms with van der Waals surface area (Å²) < 4.78 is 11.6. The Labute approximate surface area is 83.2 Å². The lowest BCUT2D eigenvalue weighted by molar-refractivity contribution is 0.0622. The molecule has 80 valence electrons. The van der Waals surface area contributed by atoms with Gasteiger partial charge in [0, 0.05) is 14.2 Å². The minimum absolute atomic E-state index is 0.239. The van der Waals surface area contributed by atoms with Crippen molar-refractivity contribution in [1.82, 2.24) is 9.78 Å². The van der Waals surface area contributed by atoms with E-state index in [1.807, 2.05) is 6.92 Å². The largest absolute Gasteiger partial charge is 0.481 e. The van der Waals surface area contributed by atoms with Gasteiger partial charge in [0.1, 0.15) is 6.10 Å². The Morgan fingerprint density at radius 3 is 2.64 bits per heavy atom. The van der Waals surface area contributed by atoms with Crippen LogP contribution in [0.5, 0.6) is 5.88 Å². The van der Waals surface area contributed by atoms with Crippen LogP contribution >= 0.6 is 0 Å². The van der Waals surface area contributed by atoms with Crippen molar-refractivity contribution < 1.29 is 14.6 Å². The third-order valence-electron chi connectivity index (χ3n) is 2.07. The van der Waals surface area contributed by atoms with Crippen molar-refractivity contribution in [2.45, 2.75) is 13.0 Å². The van der Waals surface area contributed by atoms with E-state index in [0.717, 1.165) is 5.69 Å². The Bertz CT molecular complexity index is 309. The standard InChI is InChI=1S/C9H16N2O3/c1-6-8(7(12)5-13-3)9(14-4)11(2)10-6/h7,12H,5H2,1-4H3. The lowest BCUT2D eigenvalue weighted by Gasteiger charge is -2.10. The Morgan fingerprint density at radius 1 is 1.50 bits per heavy atom. The molecule has 0 amide bonds. The zero-order chi connectivity index (χ0) is 10.7. The number of aliphatic hydroxyl groups excluding tert-OH is 1. The first kappa shape index (κ1) is 11.0. The summed E-state index contributed by atoms with van der Waals surface area (Å²) in [6.07, 6.45) is -0.691. The van der Waals surface area contributed by atoms with Crippen molar-refractivity contribution >= 4 is 0 Å². The maximum atomic E-state index is 9.77. The maximum absolute atomic E-state index is 9.77. The van der Waals surface area contributed by atoms with Crippen LogP contribution in [0.2, 0.25) is 0 Å². The van der Waals surface area contributed by atoms with Crippen molar-refractivity contribution in [2.24, 2.45) is 7.05 Å². The molecule has 1 aromatic rings. The number of nitrogens with zero attached hydrogens (tertiary/aromatic N) is 2. The first-order valence-corrected chi connectivity index (χ1v) is 4.36. The van der Waals surface area contributed by atoms with Crippen LogP contribution < -0.4 is 4.74 Å². The summed E-state index contributed by atoms with van der Waals surface area (Å²) in [5.74, 6) is 0.576. The number of aromatic nitrogens is 2. The molecule has 14 heavy (non-hydrogen) atoms. The normalized spacial score (nSPS) is 12.9. The van der Waals surface area contributed by atoms with Gasteiger partial charge in [0.05, 0.1) is 25.0 Å². The lowest BCUT2D eigenvalue weighted by Crippen LogP contribution is -2.07. The highest BCUT2D eigenvalue weighted by molar-refractivity contribution is 5.33. The molecular formula is C9H16N2O3. The highest BCUT2D eigenvalue weighted by atomic mass is 16.5. The number of ether oxygens (including phenoxy) is 2. The molecule has 1 aromatic heterocycles. The van der Waals surface area contributed by atoms with Gasteiger partial charge in [0.2, 0.25) is 5.88 Å². The van der Waals surface area contributed by atoms with Gasteiger partial charge in [0.25, 0.3) is 0 Å². The number of rotatable bonds is 4. The van der Waals surface area contributed by atoms with Crippen molar-refractivity contribution in [3.8, 4) is 5.88 Å². The van der Waals surface area contributed by atoms with Gasteiger partial charge < -0.3 is 14.6 Å². The van der Waals surface area contributed by atoms with Gasteiger partial charge in [-0.3, -0.25) is 0 Å². The summed E-state index contributed by atoms with van der Waals surface area (Å²) in [6.45, 7) is 2.07. The molecular weight excluding hydrogens is 184 g/mol. The van der Waals surface area contributed by atoms with E-state index < -0.39 is 6.10 Å². The number of aryl methyl sites for hydroxylation is 2. The summed E-state index contributed by atoms with van der Waals surface area (Å²) in [5.41, 5.74) is 1.45. The maximum Gasteiger partial charge on any atom is 0.217 e. The Hall–Kier alpha value is -1.07. The highest BCUT2D eigenvalue weighted by Gasteiger charge is 2.20. The molecule has 5 nitrogen and oxygen atoms in total. The van der Waals surface area contributed by atoms with Crippen LogP contribution in [0.15, 0.2) is 0 Å². The first-order chi connectivity index (χ1) is 6.61. The van der Waals surface area contributed by atoms with Gasteiger partial charge in [-0.05, 0) is 6.92 Å². The van der Waals surface area contributed by atoms with Gasteiger partial charge in [-0.1, -0.05) is 0 Å². The SMILES string of the molecule is COCC(O)c1c(C)nn(C)c1OC. The van der Waals surface area contributed by atoms with Crippen molar-refractivity contribution in [2.75, 3.05) is 20.8 Å². The third-order valence-corrected chi connectivity index (χ3v) is 2.07. The molecule has 1 N–H and O–H groups in total. The van der Waals surface area contributed by atoms with Crippen molar-refractivity contribution in [1.29, 1.82) is 0 Å². The molecule has 1 heterocycles. The van der Waals surface area contributed by atoms with Crippen molar-refractivity contribution in [3.63, 3.8) is 0 Å². The van der Waals surface area contributed by atoms with Gasteiger partial charge in [-0.25, -0.2) is 4.68 Å². The molecule has 1 rings (SSSR count). The molecule has 0 aliphatic carbocycles. The molecule has 0 bridgehead atoms. The monoisotopic (exact) mass is 200 g/mol. The Kier molecular flexibility index (Phi) is 3.49. The molecule has 5 heteroatoms. The van der Waals surface area contributed by atoms with Crippen LogP contribution in [-0.2, 0) is 11.8 Å². The van der Waals surface area contributed by atoms with Crippen LogP contribution in [0, 0.1) is 6.92 Å². The Balaban J connectivity index is 3.04. The molecule has 0 aliphatic rings. The van der Waals surface area contributed by atoms with Crippen molar-refractivity contribution in [3.05, 3.63) is 11.3 Å². The van der Waals surface area contributed by atoms with E-state index in [0.29, 0.717) is 11.4 Å². The van der Waals surface area contributed by atoms with Gasteiger partial charge in [0.15, 0.2) is 0 Å². The first-order valence-electron chi connectivity index (χ1n) is 4.36. The molecule has 0 saturated heterocycles. The second-order valence-corrected chi connectivity index (χ2v) is 3.10. The summed E-state index contributed by atoms with van der Waals surface area (Å²) in [5, 5.41) is 13.9. The summed E-state index contributed by atoms with van der Waals surface area (Å²) in [7, 11) is 4.87. The fourth-order valence-electron chi connectivity index (χ4n) is 1.52. The zero-order valence-electron chi connectivity index (χ0n) is 8.94. The predicted molar refractivity (Wildman–Crippen MR) is 51.3 cm³/mol. The number of aliphatic hydroxyl groups is 1. The number of hydrogen-bond donors (Lipinski definition) is 1. The second kappa shape index (κ2) is 4.43. The molecule has 0 fully saturated rings. The van der Waals surface area contributed by atoms with Crippen LogP contribution in [-0.4, -0.2) is 35.7 Å². The Morgan fingerprint density at radius 2 is 2.14 bits per heavy atom. The van der Waals surface area contributed by atoms with Gasteiger partial charge >= 0.3 is 0 Å². The number of methoxy groups -OCH3 is 2. The van der Waals surface area contributed by atoms with Crippen LogP contribution in [0.3, 0.4) is 0 Å². The topological polar surface area (TPSA) is 56.5 Å². The second-order valence-electron chi connectivity index (χ2n) is 3.10. The van der Waals surface area contributed by atoms with E-state index in [1.54, 1.807) is 25.9 Å². The van der Waals surface area contributed by atoms with E-state index in [9.17, 15) is 5.11 Å². The molecule has 1 unspecified atom stereocenters. The highest BCUT2D eigenvalue weighted by Crippen LogP contribution is 2.27. The number of hydrogen-bond acceptors (Lipinski definition) is 4.